The topological polar surface area (TPSA) is 17.8 Å². The Balaban J connectivity index is 1.96. The second kappa shape index (κ2) is 5.29. The first-order valence-electron chi connectivity index (χ1n) is 6.13. The molecule has 3 aromatic rings. The third-order valence-corrected chi connectivity index (χ3v) is 3.45. The Morgan fingerprint density at radius 3 is 2.47 bits per heavy atom. The molecule has 0 aliphatic carbocycles. The maximum absolute atomic E-state index is 6.21. The molecule has 1 heterocycles. The van der Waals surface area contributed by atoms with Gasteiger partial charge in [0, 0.05) is 5.02 Å². The second-order valence-electron chi connectivity index (χ2n) is 4.36. The van der Waals surface area contributed by atoms with Gasteiger partial charge in [-0.05, 0) is 17.2 Å². The van der Waals surface area contributed by atoms with Crippen molar-refractivity contribution in [2.75, 3.05) is 0 Å². The SMILES string of the molecule is Clc1ccccc1Cn1cncc1-c1ccccc1. The Bertz CT molecular complexity index is 674. The van der Waals surface area contributed by atoms with Crippen LogP contribution in [0, 0.1) is 0 Å². The van der Waals surface area contributed by atoms with Crippen LogP contribution >= 0.6 is 11.6 Å². The average Bonchev–Trinajstić information content (AvgIpc) is 2.91. The molecule has 19 heavy (non-hydrogen) atoms. The van der Waals surface area contributed by atoms with Crippen LogP contribution in [0.5, 0.6) is 0 Å². The van der Waals surface area contributed by atoms with E-state index >= 15 is 0 Å². The van der Waals surface area contributed by atoms with Crippen LogP contribution < -0.4 is 0 Å². The molecule has 0 aliphatic rings. The Morgan fingerprint density at radius 2 is 1.68 bits per heavy atom. The third kappa shape index (κ3) is 2.54. The molecule has 0 amide bonds. The molecule has 0 fully saturated rings. The summed E-state index contributed by atoms with van der Waals surface area (Å²) in [5.41, 5.74) is 3.35. The van der Waals surface area contributed by atoms with Gasteiger partial charge < -0.3 is 4.57 Å². The van der Waals surface area contributed by atoms with Crippen molar-refractivity contribution in [3.63, 3.8) is 0 Å². The standard InChI is InChI=1S/C16H13ClN2/c17-15-9-5-4-8-14(15)11-19-12-18-10-16(19)13-6-2-1-3-7-13/h1-10,12H,11H2. The lowest BCUT2D eigenvalue weighted by Crippen LogP contribution is -2.00. The summed E-state index contributed by atoms with van der Waals surface area (Å²) in [5.74, 6) is 0. The molecule has 1 aromatic heterocycles. The highest BCUT2D eigenvalue weighted by Gasteiger charge is 2.06. The van der Waals surface area contributed by atoms with Crippen LogP contribution in [0.4, 0.5) is 0 Å². The van der Waals surface area contributed by atoms with Crippen LogP contribution in [0.3, 0.4) is 0 Å². The van der Waals surface area contributed by atoms with Gasteiger partial charge in [0.15, 0.2) is 0 Å². The monoisotopic (exact) mass is 268 g/mol. The Kier molecular flexibility index (Phi) is 3.34. The van der Waals surface area contributed by atoms with Gasteiger partial charge >= 0.3 is 0 Å². The molecule has 0 saturated carbocycles. The van der Waals surface area contributed by atoms with Crippen LogP contribution in [0.25, 0.3) is 11.3 Å². The van der Waals surface area contributed by atoms with Gasteiger partial charge in [-0.25, -0.2) is 4.98 Å². The van der Waals surface area contributed by atoms with Crippen molar-refractivity contribution in [1.29, 1.82) is 0 Å². The first-order valence-corrected chi connectivity index (χ1v) is 6.51. The zero-order chi connectivity index (χ0) is 13.1. The molecule has 0 bridgehead atoms. The minimum atomic E-state index is 0.726. The van der Waals surface area contributed by atoms with E-state index in [0.717, 1.165) is 28.4 Å². The third-order valence-electron chi connectivity index (χ3n) is 3.08. The van der Waals surface area contributed by atoms with Crippen molar-refractivity contribution in [3.8, 4) is 11.3 Å². The molecule has 0 radical (unpaired) electrons. The summed E-state index contributed by atoms with van der Waals surface area (Å²) < 4.78 is 2.11. The molecule has 0 atom stereocenters. The minimum absolute atomic E-state index is 0.726. The quantitative estimate of drug-likeness (QED) is 0.694. The highest BCUT2D eigenvalue weighted by Crippen LogP contribution is 2.22. The van der Waals surface area contributed by atoms with Gasteiger partial charge in [-0.15, -0.1) is 0 Å². The van der Waals surface area contributed by atoms with Gasteiger partial charge in [0.25, 0.3) is 0 Å². The summed E-state index contributed by atoms with van der Waals surface area (Å²) in [6.45, 7) is 0.726. The van der Waals surface area contributed by atoms with E-state index in [1.807, 2.05) is 55.0 Å². The van der Waals surface area contributed by atoms with E-state index < -0.39 is 0 Å². The summed E-state index contributed by atoms with van der Waals surface area (Å²) in [6, 6.07) is 18.1. The van der Waals surface area contributed by atoms with E-state index in [9.17, 15) is 0 Å². The van der Waals surface area contributed by atoms with Crippen LogP contribution in [0.15, 0.2) is 67.1 Å². The fraction of sp³-hybridized carbons (Fsp3) is 0.0625. The highest BCUT2D eigenvalue weighted by molar-refractivity contribution is 6.31. The molecular weight excluding hydrogens is 256 g/mol. The Labute approximate surface area is 117 Å². The minimum Gasteiger partial charge on any atom is -0.326 e. The molecule has 0 unspecified atom stereocenters. The number of benzene rings is 2. The van der Waals surface area contributed by atoms with Gasteiger partial charge in [-0.1, -0.05) is 60.1 Å². The van der Waals surface area contributed by atoms with Gasteiger partial charge in [-0.2, -0.15) is 0 Å². The number of imidazole rings is 1. The van der Waals surface area contributed by atoms with Crippen molar-refractivity contribution in [2.45, 2.75) is 6.54 Å². The number of halogens is 1. The van der Waals surface area contributed by atoms with Crippen LogP contribution in [0.1, 0.15) is 5.56 Å². The lowest BCUT2D eigenvalue weighted by molar-refractivity contribution is 0.805. The summed E-state index contributed by atoms with van der Waals surface area (Å²) in [6.07, 6.45) is 3.72. The number of hydrogen-bond donors (Lipinski definition) is 0. The first kappa shape index (κ1) is 12.0. The summed E-state index contributed by atoms with van der Waals surface area (Å²) >= 11 is 6.21. The predicted octanol–water partition coefficient (Wildman–Crippen LogP) is 4.25. The fourth-order valence-electron chi connectivity index (χ4n) is 2.11. The smallest absolute Gasteiger partial charge is 0.0954 e. The summed E-state index contributed by atoms with van der Waals surface area (Å²) in [5, 5.41) is 0.787. The second-order valence-corrected chi connectivity index (χ2v) is 4.77. The van der Waals surface area contributed by atoms with Crippen molar-refractivity contribution >= 4 is 11.6 Å². The highest BCUT2D eigenvalue weighted by atomic mass is 35.5. The number of nitrogens with zero attached hydrogens (tertiary/aromatic N) is 2. The number of aromatic nitrogens is 2. The van der Waals surface area contributed by atoms with Crippen molar-refractivity contribution < 1.29 is 0 Å². The predicted molar refractivity (Wildman–Crippen MR) is 78.2 cm³/mol. The lowest BCUT2D eigenvalue weighted by Gasteiger charge is -2.09. The van der Waals surface area contributed by atoms with Crippen molar-refractivity contribution in [3.05, 3.63) is 77.7 Å². The average molecular weight is 269 g/mol. The van der Waals surface area contributed by atoms with Gasteiger partial charge in [0.05, 0.1) is 24.8 Å². The molecule has 3 heteroatoms. The summed E-state index contributed by atoms with van der Waals surface area (Å²) in [7, 11) is 0. The van der Waals surface area contributed by atoms with Gasteiger partial charge in [0.2, 0.25) is 0 Å². The van der Waals surface area contributed by atoms with Gasteiger partial charge in [0.1, 0.15) is 0 Å². The molecule has 0 aliphatic heterocycles. The molecule has 0 saturated heterocycles. The van der Waals surface area contributed by atoms with Crippen LogP contribution in [-0.2, 0) is 6.54 Å². The Hall–Kier alpha value is -2.06. The molecule has 2 nitrogen and oxygen atoms in total. The lowest BCUT2D eigenvalue weighted by atomic mass is 10.1. The first-order chi connectivity index (χ1) is 9.34. The molecule has 0 spiro atoms. The van der Waals surface area contributed by atoms with E-state index in [-0.39, 0.29) is 0 Å². The molecule has 3 rings (SSSR count). The van der Waals surface area contributed by atoms with E-state index in [0.29, 0.717) is 0 Å². The van der Waals surface area contributed by atoms with E-state index in [1.165, 1.54) is 0 Å². The van der Waals surface area contributed by atoms with Crippen LogP contribution in [0.2, 0.25) is 5.02 Å². The molecule has 2 aromatic carbocycles. The van der Waals surface area contributed by atoms with Crippen molar-refractivity contribution in [2.24, 2.45) is 0 Å². The molecule has 94 valence electrons. The zero-order valence-corrected chi connectivity index (χ0v) is 11.1. The van der Waals surface area contributed by atoms with E-state index in [1.54, 1.807) is 0 Å². The maximum atomic E-state index is 6.21. The maximum Gasteiger partial charge on any atom is 0.0954 e. The van der Waals surface area contributed by atoms with Crippen LogP contribution in [-0.4, -0.2) is 9.55 Å². The largest absolute Gasteiger partial charge is 0.326 e. The summed E-state index contributed by atoms with van der Waals surface area (Å²) in [4.78, 5) is 4.24. The fourth-order valence-corrected chi connectivity index (χ4v) is 2.30. The van der Waals surface area contributed by atoms with E-state index in [2.05, 4.69) is 21.7 Å². The molecule has 0 N–H and O–H groups in total. The molecular formula is C16H13ClN2. The Morgan fingerprint density at radius 1 is 0.947 bits per heavy atom. The normalized spacial score (nSPS) is 10.6. The number of rotatable bonds is 3. The van der Waals surface area contributed by atoms with Crippen molar-refractivity contribution in [1.82, 2.24) is 9.55 Å². The van der Waals surface area contributed by atoms with E-state index in [4.69, 9.17) is 11.6 Å². The zero-order valence-electron chi connectivity index (χ0n) is 10.3. The number of hydrogen-bond acceptors (Lipinski definition) is 1. The van der Waals surface area contributed by atoms with Gasteiger partial charge in [-0.3, -0.25) is 0 Å².